The van der Waals surface area contributed by atoms with Gasteiger partial charge < -0.3 is 0 Å². The minimum Gasteiger partial charge on any atom is -0.147 e. The van der Waals surface area contributed by atoms with Gasteiger partial charge in [0.2, 0.25) is 0 Å². The van der Waals surface area contributed by atoms with Crippen LogP contribution < -0.4 is 0 Å². The fraction of sp³-hybridized carbons (Fsp3) is 0. The molecule has 0 spiro atoms. The van der Waals surface area contributed by atoms with Crippen LogP contribution in [0.4, 0.5) is 0 Å². The fourth-order valence-electron chi connectivity index (χ4n) is 0. The quantitative estimate of drug-likeness (QED) is 0.212. The van der Waals surface area contributed by atoms with Crippen LogP contribution in [0.3, 0.4) is 0 Å². The van der Waals surface area contributed by atoms with Crippen LogP contribution in [-0.4, -0.2) is 2190 Å². The third kappa shape index (κ3) is 881. The van der Waals surface area contributed by atoms with Crippen LogP contribution in [0.2, 0.25) is 0 Å². The van der Waals surface area contributed by atoms with E-state index in [1.54, 1.807) is 0 Å². The first-order valence-electron chi connectivity index (χ1n) is 0. The maximum absolute atomic E-state index is 0. The monoisotopic (exact) mass is 2350 g/mol. The molecule has 0 N–H and O–H groups in total. The molecule has 0 aliphatic rings. The van der Waals surface area contributed by atoms with Crippen LogP contribution in [0.5, 0.6) is 0 Å². The van der Waals surface area contributed by atoms with Gasteiger partial charge in [-0.05, 0) is 0 Å². The molecule has 0 heterocycles. The predicted octanol–water partition coefficient (Wildman–Crippen LogP) is -35.3. The number of hydrogen-bond acceptors (Lipinski definition) is 0. The average molecular weight is 2380 g/mol. The minimum atomic E-state index is 0. The Bertz CT molecular complexity index is 14.1. The fourth-order valence-corrected chi connectivity index (χ4v) is 0. The van der Waals surface area contributed by atoms with E-state index in [0.29, 0.717) is 0 Å². The van der Waals surface area contributed by atoms with Crippen molar-refractivity contribution in [2.45, 2.75) is 0 Å². The van der Waals surface area contributed by atoms with Gasteiger partial charge in [-0.1, -0.05) is 0 Å². The summed E-state index contributed by atoms with van der Waals surface area (Å²) < 4.78 is 0. The average Bonchev–Trinajstić information content (AvgIpc) is 0. The molecule has 0 radical (unpaired) electrons. The van der Waals surface area contributed by atoms with Gasteiger partial charge in [0.25, 0.3) is 0 Å². The molecule has 0 aromatic heterocycles. The number of halogens is 2. The van der Waals surface area contributed by atoms with Gasteiger partial charge >= 0.3 is 2190 Å². The van der Waals surface area contributed by atoms with Gasteiger partial charge in [-0.3, -0.25) is 0 Å². The summed E-state index contributed by atoms with van der Waals surface area (Å²) in [6, 6.07) is 0. The SMILES string of the molecule is Cl.Cl.[Mg+2].[Mg+2].[Mg+2].[Mg+2].[Mg+2].[Mg+2].[Mg+2].[Mg+2].[Mg+2].[Mg+2].[Mg+2].[Mg+2].[Mg+2].[Mg+2].[Mg+2].[Mg+2].[Mg+2].[Mg+2].[Mg+2].[Mg+2].[Mg+2].[Mg+2].[Mg+2].[Mg+2].[Mg+2].[Mg+2].[Mg+2].[Mg+2].[Mg+2].[Mg+2].[Mg+2].[Mg+2].[Mg+2].[Mg+2].[Mg+2].[Mg+2].[Mg+2].[Mg+2].[Mg+2].[Mg+2].[Mg+2].[Mg+2].[Mg+2].[Mg+2].[Mg+2].[Mg+2].[Mg+2].[Mg+2].[Mg+2].[Mg+2].[Mg+2].[Mg+2].[Mg+2].[Mg+2].[Mg+2].[Mg+2].[Mg+2].[Mg+2].[Mg+2].[Mg+2].[Mg+2].[Mg+2].[Mg+2].[Mg+2].[Mg+2].[Mg+2].[Mg+2].[Mg+2].[Mg+2].[Mg+2].[Mg+2].[Mg+2].[Mg+2].[Mg+2].[Mg+2].[Mg+2].[Mg+2].[Mg+2].[Mg+2].[Mg+2].[Mg+2].[Mg+2].[Mg+2].[Mg+2].[Mg+2].[Mg+2].[Mg+2].[Mg+2].[Mg+2].[Mg+2].[Mg+2].[Mg+2].[Mg+2].[Mg+2].[Mg+2]. The normalized spacial score (nSPS) is 0. The van der Waals surface area contributed by atoms with E-state index < -0.39 is 0 Å². The van der Waals surface area contributed by atoms with Crippen LogP contribution in [0.1, 0.15) is 0 Å². The zero-order valence-electron chi connectivity index (χ0n) is 68.0. The van der Waals surface area contributed by atoms with Gasteiger partial charge in [-0.15, -0.1) is 24.8 Å². The van der Waals surface area contributed by atoms with E-state index in [1.165, 1.54) is 0 Å². The molecule has 0 saturated carbocycles. The summed E-state index contributed by atoms with van der Waals surface area (Å²) in [6.45, 7) is 0. The first-order valence-corrected chi connectivity index (χ1v) is 0. The molecule has 0 nitrogen and oxygen atoms in total. The standard InChI is InChI=1S/2ClH.95Mg/h2*1H;;;;;;;;;;;;;;;;;;;;;;;;;;;;;;;;;;;;;;;;;;;;;;;;;;;;;;;;;;;;;;;;;;;;;;;;;;;;;;;;;;;;;;;;;;;;;;;/q;;95*+2. The van der Waals surface area contributed by atoms with E-state index in [1.807, 2.05) is 0 Å². The Hall–Kier alpha value is 73.4. The Balaban J connectivity index is 0. The summed E-state index contributed by atoms with van der Waals surface area (Å²) in [5.74, 6) is 0. The molecule has 0 aromatic rings. The van der Waals surface area contributed by atoms with Crippen LogP contribution >= 0.6 is 24.8 Å². The summed E-state index contributed by atoms with van der Waals surface area (Å²) in [6.07, 6.45) is 0. The molecule has 0 aliphatic heterocycles. The van der Waals surface area contributed by atoms with Crippen LogP contribution in [0.25, 0.3) is 0 Å². The van der Waals surface area contributed by atoms with Crippen LogP contribution in [0, 0.1) is 0 Å². The summed E-state index contributed by atoms with van der Waals surface area (Å²) in [5, 5.41) is 0. The topological polar surface area (TPSA) is 0 Å². The molecule has 0 unspecified atom stereocenters. The van der Waals surface area contributed by atoms with Gasteiger partial charge in [-0.2, -0.15) is 0 Å². The van der Waals surface area contributed by atoms with Crippen molar-refractivity contribution in [3.05, 3.63) is 0 Å². The molecule has 0 aromatic carbocycles. The molecule has 0 bridgehead atoms. The van der Waals surface area contributed by atoms with Gasteiger partial charge in [0.1, 0.15) is 0 Å². The van der Waals surface area contributed by atoms with Crippen molar-refractivity contribution in [1.82, 2.24) is 0 Å². The maximum Gasteiger partial charge on any atom is 2.00 e. The molecule has 0 aliphatic carbocycles. The first-order chi connectivity index (χ1) is 0. The Morgan fingerprint density at radius 1 is 0.0206 bits per heavy atom. The summed E-state index contributed by atoms with van der Waals surface area (Å²) in [4.78, 5) is 0. The predicted molar refractivity (Wildman–Crippen MR) is 561 cm³/mol. The Kier molecular flexibility index (Phi) is 8350. The van der Waals surface area contributed by atoms with Crippen molar-refractivity contribution in [1.29, 1.82) is 0 Å². The third-order valence-corrected chi connectivity index (χ3v) is 0. The number of rotatable bonds is 0. The van der Waals surface area contributed by atoms with Crippen LogP contribution in [0.15, 0.2) is 0 Å². The molecule has 0 atom stereocenters. The van der Waals surface area contributed by atoms with Crippen molar-refractivity contribution in [2.24, 2.45) is 0 Å². The molecule has 16 valence electrons. The Labute approximate surface area is 2140 Å². The molecule has 0 fully saturated rings. The minimum absolute atomic E-state index is 0. The first kappa shape index (κ1) is 908. The Morgan fingerprint density at radius 3 is 0.0206 bits per heavy atom. The van der Waals surface area contributed by atoms with Gasteiger partial charge in [0.05, 0.1) is 0 Å². The van der Waals surface area contributed by atoms with Gasteiger partial charge in [0, 0.05) is 0 Å². The van der Waals surface area contributed by atoms with Crippen molar-refractivity contribution < 1.29 is 0 Å². The molecule has 97 heteroatoms. The van der Waals surface area contributed by atoms with Crippen molar-refractivity contribution in [2.75, 3.05) is 0 Å². The zero-order valence-corrected chi connectivity index (χ0v) is 204. The van der Waals surface area contributed by atoms with Gasteiger partial charge in [0.15, 0.2) is 0 Å². The maximum atomic E-state index is 0. The molecular weight excluding hydrogens is 2380 g/mol. The van der Waals surface area contributed by atoms with Gasteiger partial charge in [-0.25, -0.2) is 0 Å². The summed E-state index contributed by atoms with van der Waals surface area (Å²) >= 11 is 0. The summed E-state index contributed by atoms with van der Waals surface area (Å²) in [7, 11) is 0. The second-order valence-electron chi connectivity index (χ2n) is 0. The van der Waals surface area contributed by atoms with E-state index in [0.717, 1.165) is 0 Å². The summed E-state index contributed by atoms with van der Waals surface area (Å²) in [5.41, 5.74) is 0. The van der Waals surface area contributed by atoms with E-state index in [4.69, 9.17) is 0 Å². The van der Waals surface area contributed by atoms with Crippen LogP contribution in [-0.2, 0) is 0 Å². The molecule has 0 saturated heterocycles. The molecule has 0 amide bonds. The molecular formula is H2Cl2Mg95+190. The smallest absolute Gasteiger partial charge is 0.147 e. The number of hydrogen-bond donors (Lipinski definition) is 0. The van der Waals surface area contributed by atoms with E-state index in [2.05, 4.69) is 0 Å². The Morgan fingerprint density at radius 2 is 0.0206 bits per heavy atom. The third-order valence-electron chi connectivity index (χ3n) is 0. The largest absolute Gasteiger partial charge is 2.00 e. The second kappa shape index (κ2) is 892. The zero-order chi connectivity index (χ0) is 0. The second-order valence-corrected chi connectivity index (χ2v) is 0. The van der Waals surface area contributed by atoms with Crippen molar-refractivity contribution in [3.8, 4) is 0 Å². The van der Waals surface area contributed by atoms with E-state index >= 15 is 0 Å². The van der Waals surface area contributed by atoms with E-state index in [9.17, 15) is 0 Å². The van der Waals surface area contributed by atoms with Crippen molar-refractivity contribution in [3.63, 3.8) is 0 Å². The molecule has 97 heavy (non-hydrogen) atoms. The molecule has 0 rings (SSSR count). The van der Waals surface area contributed by atoms with Crippen molar-refractivity contribution >= 4 is 2210 Å². The van der Waals surface area contributed by atoms with E-state index in [-0.39, 0.29) is 2210 Å².